The van der Waals surface area contributed by atoms with Gasteiger partial charge in [-0.1, -0.05) is 38.1 Å². The number of nitrogens with one attached hydrogen (secondary N) is 1. The van der Waals surface area contributed by atoms with Gasteiger partial charge in [0.2, 0.25) is 0 Å². The van der Waals surface area contributed by atoms with Crippen molar-refractivity contribution in [1.82, 2.24) is 0 Å². The van der Waals surface area contributed by atoms with Crippen molar-refractivity contribution in [3.05, 3.63) is 65.4 Å². The fourth-order valence-corrected chi connectivity index (χ4v) is 4.50. The topological polar surface area (TPSA) is 81.7 Å². The molecule has 0 aromatic heterocycles. The normalized spacial score (nSPS) is 20.0. The van der Waals surface area contributed by atoms with E-state index in [1.807, 2.05) is 48.5 Å². The third kappa shape index (κ3) is 3.65. The zero-order valence-corrected chi connectivity index (χ0v) is 17.4. The minimum absolute atomic E-state index is 0.0331. The Morgan fingerprint density at radius 2 is 1.87 bits per heavy atom. The van der Waals surface area contributed by atoms with Gasteiger partial charge >= 0.3 is 0 Å². The van der Waals surface area contributed by atoms with Crippen LogP contribution in [0.25, 0.3) is 0 Å². The van der Waals surface area contributed by atoms with Crippen LogP contribution in [0.4, 0.5) is 11.4 Å². The summed E-state index contributed by atoms with van der Waals surface area (Å²) in [4.78, 5) is 26.8. The van der Waals surface area contributed by atoms with E-state index < -0.39 is 12.0 Å². The Morgan fingerprint density at radius 1 is 1.17 bits per heavy atom. The maximum absolute atomic E-state index is 13.4. The largest absolute Gasteiger partial charge is 0.548 e. The van der Waals surface area contributed by atoms with E-state index in [1.165, 1.54) is 0 Å². The number of hydrogen-bond donors (Lipinski definition) is 1. The highest BCUT2D eigenvalue weighted by Gasteiger charge is 2.41. The van der Waals surface area contributed by atoms with Gasteiger partial charge in [-0.25, -0.2) is 0 Å². The third-order valence-electron chi connectivity index (χ3n) is 5.74. The number of fused-ring (bicyclic) bond motifs is 1. The Morgan fingerprint density at radius 3 is 2.53 bits per heavy atom. The number of para-hydroxylation sites is 2. The molecule has 4 rings (SSSR count). The first-order valence-electron chi connectivity index (χ1n) is 10.0. The van der Waals surface area contributed by atoms with E-state index in [2.05, 4.69) is 19.2 Å². The summed E-state index contributed by atoms with van der Waals surface area (Å²) in [5, 5.41) is 15.2. The summed E-state index contributed by atoms with van der Waals surface area (Å²) in [6, 6.07) is 14.4. The summed E-state index contributed by atoms with van der Waals surface area (Å²) in [5.41, 5.74) is 3.64. The lowest BCUT2D eigenvalue weighted by Crippen LogP contribution is -2.42. The maximum Gasteiger partial charge on any atom is 0.163 e. The van der Waals surface area contributed by atoms with Gasteiger partial charge < -0.3 is 24.9 Å². The standard InChI is InChI=1S/C24H26N2O4/c1-24(2)12-18-22(20(27)13-24)23(15-8-10-16(30-3)11-9-15)26(14-21(28)29)19-7-5-4-6-17(19)25-18/h4-11,23,25H,12-14H2,1-3H3,(H,28,29)/p-1/t23-/m1/s1. The number of rotatable bonds is 4. The number of allylic oxidation sites excluding steroid dienone is 1. The van der Waals surface area contributed by atoms with Gasteiger partial charge in [0.05, 0.1) is 37.0 Å². The molecule has 1 N–H and O–H groups in total. The van der Waals surface area contributed by atoms with E-state index >= 15 is 0 Å². The monoisotopic (exact) mass is 405 g/mol. The minimum atomic E-state index is -1.20. The first-order valence-corrected chi connectivity index (χ1v) is 10.0. The molecule has 0 unspecified atom stereocenters. The molecule has 6 nitrogen and oxygen atoms in total. The molecule has 0 saturated heterocycles. The summed E-state index contributed by atoms with van der Waals surface area (Å²) in [6.07, 6.45) is 1.11. The van der Waals surface area contributed by atoms with Crippen molar-refractivity contribution >= 4 is 23.1 Å². The third-order valence-corrected chi connectivity index (χ3v) is 5.74. The van der Waals surface area contributed by atoms with Crippen molar-refractivity contribution in [3.8, 4) is 5.75 Å². The number of benzene rings is 2. The second-order valence-electron chi connectivity index (χ2n) is 8.65. The van der Waals surface area contributed by atoms with Gasteiger partial charge in [0.1, 0.15) is 5.75 Å². The van der Waals surface area contributed by atoms with Crippen LogP contribution in [0.1, 0.15) is 38.3 Å². The number of anilines is 2. The van der Waals surface area contributed by atoms with Crippen LogP contribution in [-0.4, -0.2) is 25.4 Å². The van der Waals surface area contributed by atoms with Gasteiger partial charge in [-0.2, -0.15) is 0 Å². The number of nitrogens with zero attached hydrogens (tertiary/aromatic N) is 1. The number of aliphatic carboxylic acids is 1. The average Bonchev–Trinajstić information content (AvgIpc) is 2.81. The van der Waals surface area contributed by atoms with Crippen molar-refractivity contribution in [2.45, 2.75) is 32.7 Å². The van der Waals surface area contributed by atoms with Crippen molar-refractivity contribution in [2.75, 3.05) is 23.9 Å². The number of ether oxygens (including phenoxy) is 1. The SMILES string of the molecule is COc1ccc([C@@H]2C3=C(CC(C)(C)CC3=O)Nc3ccccc3N2CC(=O)[O-])cc1. The number of hydrogen-bond acceptors (Lipinski definition) is 6. The van der Waals surface area contributed by atoms with Crippen LogP contribution in [0.3, 0.4) is 0 Å². The number of Topliss-reactive ketones (excluding diaryl/α,β-unsaturated/α-hetero) is 1. The fraction of sp³-hybridized carbons (Fsp3) is 0.333. The molecule has 0 spiro atoms. The summed E-state index contributed by atoms with van der Waals surface area (Å²) in [6.45, 7) is 3.83. The zero-order valence-electron chi connectivity index (χ0n) is 17.4. The highest BCUT2D eigenvalue weighted by atomic mass is 16.5. The summed E-state index contributed by atoms with van der Waals surface area (Å²) < 4.78 is 5.27. The molecule has 0 bridgehead atoms. The molecule has 2 aromatic carbocycles. The van der Waals surface area contributed by atoms with Crippen LogP contribution in [-0.2, 0) is 9.59 Å². The second-order valence-corrected chi connectivity index (χ2v) is 8.65. The maximum atomic E-state index is 13.4. The Hall–Kier alpha value is -3.28. The fourth-order valence-electron chi connectivity index (χ4n) is 4.50. The van der Waals surface area contributed by atoms with E-state index in [1.54, 1.807) is 12.0 Å². The molecule has 1 heterocycles. The lowest BCUT2D eigenvalue weighted by molar-refractivity contribution is -0.303. The Bertz CT molecular complexity index is 1020. The van der Waals surface area contributed by atoms with Crippen LogP contribution in [0.5, 0.6) is 5.75 Å². The van der Waals surface area contributed by atoms with Gasteiger partial charge in [0.25, 0.3) is 0 Å². The Balaban J connectivity index is 1.96. The number of carbonyl (C=O) groups excluding carboxylic acids is 2. The first-order chi connectivity index (χ1) is 14.3. The van der Waals surface area contributed by atoms with E-state index in [4.69, 9.17) is 4.74 Å². The molecule has 1 aliphatic carbocycles. The number of ketones is 1. The lowest BCUT2D eigenvalue weighted by atomic mass is 9.73. The van der Waals surface area contributed by atoms with Crippen LogP contribution < -0.4 is 20.1 Å². The summed E-state index contributed by atoms with van der Waals surface area (Å²) >= 11 is 0. The molecule has 0 saturated carbocycles. The predicted molar refractivity (Wildman–Crippen MR) is 113 cm³/mol. The van der Waals surface area contributed by atoms with Crippen molar-refractivity contribution < 1.29 is 19.4 Å². The number of carboxylic acid groups (broad SMARTS) is 1. The van der Waals surface area contributed by atoms with Crippen LogP contribution in [0.15, 0.2) is 59.8 Å². The van der Waals surface area contributed by atoms with Gasteiger partial charge in [-0.15, -0.1) is 0 Å². The molecular weight excluding hydrogens is 380 g/mol. The Labute approximate surface area is 176 Å². The van der Waals surface area contributed by atoms with Gasteiger partial charge in [-0.3, -0.25) is 4.79 Å². The van der Waals surface area contributed by atoms with Crippen molar-refractivity contribution in [2.24, 2.45) is 5.41 Å². The molecule has 156 valence electrons. The van der Waals surface area contributed by atoms with E-state index in [0.29, 0.717) is 24.2 Å². The van der Waals surface area contributed by atoms with Gasteiger partial charge in [0.15, 0.2) is 5.78 Å². The Kier molecular flexibility index (Phi) is 5.02. The molecule has 0 radical (unpaired) electrons. The summed E-state index contributed by atoms with van der Waals surface area (Å²) in [5.74, 6) is -0.468. The summed E-state index contributed by atoms with van der Waals surface area (Å²) in [7, 11) is 1.59. The van der Waals surface area contributed by atoms with Crippen LogP contribution in [0.2, 0.25) is 0 Å². The van der Waals surface area contributed by atoms with E-state index in [-0.39, 0.29) is 17.7 Å². The molecule has 1 aliphatic heterocycles. The van der Waals surface area contributed by atoms with Gasteiger partial charge in [-0.05, 0) is 41.7 Å². The highest BCUT2D eigenvalue weighted by molar-refractivity contribution is 6.01. The van der Waals surface area contributed by atoms with E-state index in [0.717, 1.165) is 22.6 Å². The lowest BCUT2D eigenvalue weighted by Gasteiger charge is -2.38. The number of carboxylic acids is 1. The van der Waals surface area contributed by atoms with Crippen molar-refractivity contribution in [3.63, 3.8) is 0 Å². The second kappa shape index (κ2) is 7.52. The van der Waals surface area contributed by atoms with E-state index in [9.17, 15) is 14.7 Å². The van der Waals surface area contributed by atoms with Crippen LogP contribution in [0, 0.1) is 5.41 Å². The smallest absolute Gasteiger partial charge is 0.163 e. The molecule has 1 atom stereocenters. The van der Waals surface area contributed by atoms with Crippen LogP contribution >= 0.6 is 0 Å². The molecule has 0 amide bonds. The average molecular weight is 405 g/mol. The predicted octanol–water partition coefficient (Wildman–Crippen LogP) is 3.06. The number of carbonyl (C=O) groups is 2. The minimum Gasteiger partial charge on any atom is -0.548 e. The first kappa shape index (κ1) is 20.0. The van der Waals surface area contributed by atoms with Crippen molar-refractivity contribution in [1.29, 1.82) is 0 Å². The quantitative estimate of drug-likeness (QED) is 0.842. The molecule has 2 aliphatic rings. The molecule has 30 heavy (non-hydrogen) atoms. The molecule has 6 heteroatoms. The van der Waals surface area contributed by atoms with Gasteiger partial charge in [0, 0.05) is 17.7 Å². The number of methoxy groups -OCH3 is 1. The zero-order chi connectivity index (χ0) is 21.5. The molecule has 2 aromatic rings. The molecule has 0 fully saturated rings. The molecular formula is C24H25N2O4-. The highest BCUT2D eigenvalue weighted by Crippen LogP contribution is 2.48.